The van der Waals surface area contributed by atoms with Gasteiger partial charge >= 0.3 is 0 Å². The molecule has 2 heterocycles. The summed E-state index contributed by atoms with van der Waals surface area (Å²) in [7, 11) is 1.83. The first kappa shape index (κ1) is 12.8. The second-order valence-corrected chi connectivity index (χ2v) is 5.50. The maximum atomic E-state index is 9.98. The van der Waals surface area contributed by atoms with Gasteiger partial charge in [-0.1, -0.05) is 25.9 Å². The monoisotopic (exact) mass is 250 g/mol. The zero-order chi connectivity index (χ0) is 13.3. The maximum absolute atomic E-state index is 9.98. The molecule has 1 N–H and O–H groups in total. The topological polar surface area (TPSA) is 77.0 Å². The zero-order valence-corrected chi connectivity index (χ0v) is 11.1. The van der Waals surface area contributed by atoms with Crippen molar-refractivity contribution in [1.29, 1.82) is 0 Å². The highest BCUT2D eigenvalue weighted by molar-refractivity contribution is 5.50. The van der Waals surface area contributed by atoms with Crippen LogP contribution in [0.25, 0.3) is 11.4 Å². The number of aliphatic hydroxyl groups is 1. The first-order valence-electron chi connectivity index (χ1n) is 5.86. The Labute approximate surface area is 106 Å². The van der Waals surface area contributed by atoms with E-state index in [0.717, 1.165) is 5.56 Å². The lowest BCUT2D eigenvalue weighted by Crippen LogP contribution is -2.28. The molecule has 98 valence electrons. The van der Waals surface area contributed by atoms with Gasteiger partial charge in [-0.15, -0.1) is 0 Å². The maximum Gasteiger partial charge on any atom is 0.229 e. The summed E-state index contributed by atoms with van der Waals surface area (Å²) < 4.78 is 6.81. The molecule has 2 aromatic rings. The molecule has 6 nitrogen and oxygen atoms in total. The van der Waals surface area contributed by atoms with Crippen molar-refractivity contribution in [2.75, 3.05) is 0 Å². The quantitative estimate of drug-likeness (QED) is 0.891. The molecule has 2 aromatic heterocycles. The second-order valence-electron chi connectivity index (χ2n) is 5.50. The molecule has 0 spiro atoms. The van der Waals surface area contributed by atoms with E-state index in [1.165, 1.54) is 0 Å². The summed E-state index contributed by atoms with van der Waals surface area (Å²) in [4.78, 5) is 4.26. The van der Waals surface area contributed by atoms with Crippen molar-refractivity contribution in [3.8, 4) is 11.4 Å². The molecule has 1 unspecified atom stereocenters. The van der Waals surface area contributed by atoms with Gasteiger partial charge in [-0.3, -0.25) is 4.68 Å². The minimum atomic E-state index is -0.514. The van der Waals surface area contributed by atoms with Gasteiger partial charge in [-0.2, -0.15) is 10.1 Å². The lowest BCUT2D eigenvalue weighted by molar-refractivity contribution is 0.0565. The van der Waals surface area contributed by atoms with Crippen LogP contribution in [0.4, 0.5) is 0 Å². The van der Waals surface area contributed by atoms with Gasteiger partial charge in [0.1, 0.15) is 0 Å². The third kappa shape index (κ3) is 2.76. The van der Waals surface area contributed by atoms with Crippen LogP contribution in [0.3, 0.4) is 0 Å². The summed E-state index contributed by atoms with van der Waals surface area (Å²) in [6, 6.07) is 0. The summed E-state index contributed by atoms with van der Waals surface area (Å²) in [6.07, 6.45) is 3.33. The summed E-state index contributed by atoms with van der Waals surface area (Å²) in [6.45, 7) is 5.90. The van der Waals surface area contributed by atoms with E-state index in [-0.39, 0.29) is 5.41 Å². The Balaban J connectivity index is 2.12. The lowest BCUT2D eigenvalue weighted by atomic mass is 9.87. The minimum Gasteiger partial charge on any atom is -0.392 e. The summed E-state index contributed by atoms with van der Waals surface area (Å²) in [5.41, 5.74) is 0.598. The van der Waals surface area contributed by atoms with Crippen LogP contribution in [-0.2, 0) is 13.5 Å². The summed E-state index contributed by atoms with van der Waals surface area (Å²) in [5, 5.41) is 17.9. The van der Waals surface area contributed by atoms with Crippen LogP contribution in [0.1, 0.15) is 26.7 Å². The molecule has 6 heteroatoms. The minimum absolute atomic E-state index is 0.205. The second kappa shape index (κ2) is 4.53. The standard InChI is InChI=1S/C12H18N4O2/c1-12(2,3)9(17)5-10-14-11(15-18-10)8-6-13-16(4)7-8/h6-7,9,17H,5H2,1-4H3. The number of aryl methyl sites for hydroxylation is 1. The van der Waals surface area contributed by atoms with E-state index >= 15 is 0 Å². The summed E-state index contributed by atoms with van der Waals surface area (Å²) in [5.74, 6) is 0.940. The average molecular weight is 250 g/mol. The number of hydrogen-bond donors (Lipinski definition) is 1. The van der Waals surface area contributed by atoms with Crippen LogP contribution >= 0.6 is 0 Å². The van der Waals surface area contributed by atoms with Crippen LogP contribution in [0.5, 0.6) is 0 Å². The normalized spacial score (nSPS) is 13.8. The highest BCUT2D eigenvalue weighted by atomic mass is 16.5. The predicted octanol–water partition coefficient (Wildman–Crippen LogP) is 1.42. The van der Waals surface area contributed by atoms with Gasteiger partial charge in [0.15, 0.2) is 0 Å². The Morgan fingerprint density at radius 3 is 2.72 bits per heavy atom. The number of rotatable bonds is 3. The molecule has 0 radical (unpaired) electrons. The van der Waals surface area contributed by atoms with Crippen LogP contribution in [0.15, 0.2) is 16.9 Å². The first-order valence-corrected chi connectivity index (χ1v) is 5.86. The first-order chi connectivity index (χ1) is 8.36. The van der Waals surface area contributed by atoms with Gasteiger partial charge in [0.25, 0.3) is 0 Å². The van der Waals surface area contributed by atoms with Gasteiger partial charge in [0.05, 0.1) is 24.3 Å². The van der Waals surface area contributed by atoms with E-state index < -0.39 is 6.10 Å². The molecular weight excluding hydrogens is 232 g/mol. The van der Waals surface area contributed by atoms with Gasteiger partial charge in [0, 0.05) is 13.2 Å². The summed E-state index contributed by atoms with van der Waals surface area (Å²) >= 11 is 0. The lowest BCUT2D eigenvalue weighted by Gasteiger charge is -2.24. The highest BCUT2D eigenvalue weighted by Gasteiger charge is 2.24. The van der Waals surface area contributed by atoms with Gasteiger partial charge in [-0.25, -0.2) is 0 Å². The van der Waals surface area contributed by atoms with E-state index in [2.05, 4.69) is 15.2 Å². The fraction of sp³-hybridized carbons (Fsp3) is 0.583. The Bertz CT molecular complexity index is 524. The number of aromatic nitrogens is 4. The molecule has 0 saturated carbocycles. The van der Waals surface area contributed by atoms with Crippen molar-refractivity contribution in [2.24, 2.45) is 12.5 Å². The Hall–Kier alpha value is -1.69. The molecule has 0 amide bonds. The predicted molar refractivity (Wildman–Crippen MR) is 65.7 cm³/mol. The molecule has 18 heavy (non-hydrogen) atoms. The third-order valence-electron chi connectivity index (χ3n) is 2.80. The van der Waals surface area contributed by atoms with E-state index in [0.29, 0.717) is 18.1 Å². The number of hydrogen-bond acceptors (Lipinski definition) is 5. The van der Waals surface area contributed by atoms with Gasteiger partial charge in [-0.05, 0) is 5.41 Å². The fourth-order valence-electron chi connectivity index (χ4n) is 1.46. The molecule has 2 rings (SSSR count). The average Bonchev–Trinajstić information content (AvgIpc) is 2.85. The molecular formula is C12H18N4O2. The molecule has 0 aromatic carbocycles. The molecule has 1 atom stereocenters. The van der Waals surface area contributed by atoms with Crippen molar-refractivity contribution in [3.05, 3.63) is 18.3 Å². The van der Waals surface area contributed by atoms with Crippen molar-refractivity contribution < 1.29 is 9.63 Å². The van der Waals surface area contributed by atoms with Crippen LogP contribution in [-0.4, -0.2) is 31.1 Å². The van der Waals surface area contributed by atoms with Gasteiger partial charge < -0.3 is 9.63 Å². The van der Waals surface area contributed by atoms with Crippen molar-refractivity contribution >= 4 is 0 Å². The molecule has 0 aliphatic carbocycles. The van der Waals surface area contributed by atoms with Crippen LogP contribution in [0, 0.1) is 5.41 Å². The van der Waals surface area contributed by atoms with Crippen molar-refractivity contribution in [3.63, 3.8) is 0 Å². The molecule has 0 fully saturated rings. The Morgan fingerprint density at radius 1 is 1.44 bits per heavy atom. The van der Waals surface area contributed by atoms with E-state index in [9.17, 15) is 5.11 Å². The van der Waals surface area contributed by atoms with E-state index in [1.54, 1.807) is 10.9 Å². The molecule has 0 bridgehead atoms. The largest absolute Gasteiger partial charge is 0.392 e. The van der Waals surface area contributed by atoms with E-state index in [1.807, 2.05) is 34.0 Å². The number of aliphatic hydroxyl groups excluding tert-OH is 1. The molecule has 0 aliphatic rings. The zero-order valence-electron chi connectivity index (χ0n) is 11.1. The van der Waals surface area contributed by atoms with Crippen LogP contribution < -0.4 is 0 Å². The smallest absolute Gasteiger partial charge is 0.229 e. The molecule has 0 saturated heterocycles. The molecule has 0 aliphatic heterocycles. The van der Waals surface area contributed by atoms with Crippen molar-refractivity contribution in [2.45, 2.75) is 33.3 Å². The Kier molecular flexibility index (Phi) is 3.21. The number of nitrogens with zero attached hydrogens (tertiary/aromatic N) is 4. The third-order valence-corrected chi connectivity index (χ3v) is 2.80. The van der Waals surface area contributed by atoms with Crippen molar-refractivity contribution in [1.82, 2.24) is 19.9 Å². The highest BCUT2D eigenvalue weighted by Crippen LogP contribution is 2.23. The van der Waals surface area contributed by atoms with Crippen LogP contribution in [0.2, 0.25) is 0 Å². The SMILES string of the molecule is Cn1cc(-c2noc(CC(O)C(C)(C)C)n2)cn1. The van der Waals surface area contributed by atoms with Gasteiger partial charge in [0.2, 0.25) is 11.7 Å². The fourth-order valence-corrected chi connectivity index (χ4v) is 1.46. The Morgan fingerprint density at radius 2 is 2.17 bits per heavy atom. The van der Waals surface area contributed by atoms with E-state index in [4.69, 9.17) is 4.52 Å².